The summed E-state index contributed by atoms with van der Waals surface area (Å²) in [6.07, 6.45) is 1.87. The fraction of sp³-hybridized carbons (Fsp3) is 0.100. The maximum absolute atomic E-state index is 6.54. The van der Waals surface area contributed by atoms with Crippen molar-refractivity contribution in [3.8, 4) is 22.9 Å². The molecule has 0 radical (unpaired) electrons. The second-order valence-corrected chi connectivity index (χ2v) is 12.4. The van der Waals surface area contributed by atoms with Gasteiger partial charge in [0, 0.05) is 41.2 Å². The summed E-state index contributed by atoms with van der Waals surface area (Å²) >= 11 is 0. The van der Waals surface area contributed by atoms with Gasteiger partial charge in [-0.25, -0.2) is 9.97 Å². The Morgan fingerprint density at radius 3 is 2.41 bits per heavy atom. The van der Waals surface area contributed by atoms with Crippen molar-refractivity contribution >= 4 is 50.2 Å². The van der Waals surface area contributed by atoms with Crippen LogP contribution in [0.2, 0.25) is 0 Å². The molecule has 4 heterocycles. The number of benzene rings is 5. The number of nitrogens with zero attached hydrogens (tertiary/aromatic N) is 4. The molecule has 6 nitrogen and oxygen atoms in total. The number of rotatable bonds is 4. The van der Waals surface area contributed by atoms with Gasteiger partial charge in [-0.2, -0.15) is 0 Å². The van der Waals surface area contributed by atoms with E-state index in [1.54, 1.807) is 0 Å². The molecule has 0 saturated carbocycles. The third-order valence-electron chi connectivity index (χ3n) is 9.28. The SMILES string of the molecule is Cn1c(-c2cccc(Oc3cccc(N4c5ncccc5C(C)(C)c5ccc6oc7ccccc7c6c54)c3)c2)nc2ccccc21. The minimum Gasteiger partial charge on any atom is -0.457 e. The second-order valence-electron chi connectivity index (χ2n) is 12.4. The molecule has 0 atom stereocenters. The zero-order valence-corrected chi connectivity index (χ0v) is 25.7. The molecule has 0 saturated heterocycles. The molecule has 0 unspecified atom stereocenters. The van der Waals surface area contributed by atoms with Crippen LogP contribution in [0.25, 0.3) is 44.4 Å². The number of hydrogen-bond acceptors (Lipinski definition) is 5. The van der Waals surface area contributed by atoms with Gasteiger partial charge in [0.2, 0.25) is 0 Å². The molecule has 0 amide bonds. The third-order valence-corrected chi connectivity index (χ3v) is 9.28. The van der Waals surface area contributed by atoms with Crippen molar-refractivity contribution in [3.05, 3.63) is 139 Å². The lowest BCUT2D eigenvalue weighted by Crippen LogP contribution is -2.31. The van der Waals surface area contributed by atoms with Gasteiger partial charge < -0.3 is 13.7 Å². The number of aryl methyl sites for hydroxylation is 1. The Hall–Kier alpha value is -5.88. The standard InChI is InChI=1S/C40H30N4O2/c1-40(2)30-20-21-35-36(29-15-4-7-19-34(29)46-35)37(30)44(39-31(40)16-10-22-41-39)26-12-9-14-28(24-26)45-27-13-8-11-25(23-27)38-42-32-17-5-6-18-33(32)43(38)3/h4-24H,1-3H3. The number of para-hydroxylation sites is 3. The monoisotopic (exact) mass is 598 g/mol. The van der Waals surface area contributed by atoms with Crippen molar-refractivity contribution in [1.29, 1.82) is 0 Å². The first kappa shape index (κ1) is 26.5. The van der Waals surface area contributed by atoms with Crippen LogP contribution in [0, 0.1) is 0 Å². The predicted octanol–water partition coefficient (Wildman–Crippen LogP) is 10.4. The van der Waals surface area contributed by atoms with Crippen molar-refractivity contribution in [2.45, 2.75) is 19.3 Å². The van der Waals surface area contributed by atoms with Gasteiger partial charge in [-0.05, 0) is 60.2 Å². The van der Waals surface area contributed by atoms with E-state index in [1.165, 1.54) is 5.56 Å². The van der Waals surface area contributed by atoms with Gasteiger partial charge in [0.1, 0.15) is 34.3 Å². The molecule has 9 rings (SSSR count). The summed E-state index contributed by atoms with van der Waals surface area (Å²) in [7, 11) is 2.05. The zero-order valence-electron chi connectivity index (χ0n) is 25.7. The molecule has 0 aliphatic carbocycles. The van der Waals surface area contributed by atoms with E-state index < -0.39 is 0 Å². The minimum atomic E-state index is -0.272. The summed E-state index contributed by atoms with van der Waals surface area (Å²) in [5, 5.41) is 2.17. The minimum absolute atomic E-state index is 0.272. The topological polar surface area (TPSA) is 56.3 Å². The van der Waals surface area contributed by atoms with Crippen molar-refractivity contribution in [2.24, 2.45) is 7.05 Å². The van der Waals surface area contributed by atoms with Gasteiger partial charge in [-0.3, -0.25) is 4.90 Å². The van der Waals surface area contributed by atoms with Crippen LogP contribution in [-0.2, 0) is 12.5 Å². The van der Waals surface area contributed by atoms with Gasteiger partial charge in [-0.1, -0.05) is 74.5 Å². The number of ether oxygens (including phenoxy) is 1. The zero-order chi connectivity index (χ0) is 31.0. The third kappa shape index (κ3) is 3.90. The summed E-state index contributed by atoms with van der Waals surface area (Å²) in [5.74, 6) is 3.27. The molecule has 1 aliphatic heterocycles. The Kier molecular flexibility index (Phi) is 5.66. The Bertz CT molecular complexity index is 2470. The van der Waals surface area contributed by atoms with Crippen molar-refractivity contribution < 1.29 is 9.15 Å². The Morgan fingerprint density at radius 1 is 0.717 bits per heavy atom. The van der Waals surface area contributed by atoms with Crippen LogP contribution in [0.3, 0.4) is 0 Å². The van der Waals surface area contributed by atoms with Gasteiger partial charge in [-0.15, -0.1) is 0 Å². The maximum atomic E-state index is 6.54. The number of anilines is 3. The second kappa shape index (κ2) is 9.81. The quantitative estimate of drug-likeness (QED) is 0.202. The molecule has 0 N–H and O–H groups in total. The molecular formula is C40H30N4O2. The molecule has 0 spiro atoms. The Morgan fingerprint density at radius 2 is 1.52 bits per heavy atom. The van der Waals surface area contributed by atoms with E-state index in [9.17, 15) is 0 Å². The lowest BCUT2D eigenvalue weighted by atomic mass is 9.74. The Balaban J connectivity index is 1.18. The van der Waals surface area contributed by atoms with Crippen molar-refractivity contribution in [2.75, 3.05) is 4.90 Å². The van der Waals surface area contributed by atoms with Crippen LogP contribution >= 0.6 is 0 Å². The van der Waals surface area contributed by atoms with E-state index in [2.05, 4.69) is 77.9 Å². The van der Waals surface area contributed by atoms with Crippen LogP contribution in [0.15, 0.2) is 132 Å². The van der Waals surface area contributed by atoms with Crippen LogP contribution in [0.4, 0.5) is 17.2 Å². The summed E-state index contributed by atoms with van der Waals surface area (Å²) in [6.45, 7) is 4.55. The number of imidazole rings is 1. The predicted molar refractivity (Wildman–Crippen MR) is 185 cm³/mol. The van der Waals surface area contributed by atoms with E-state index in [-0.39, 0.29) is 5.41 Å². The normalized spacial score (nSPS) is 13.7. The largest absolute Gasteiger partial charge is 0.457 e. The molecular weight excluding hydrogens is 568 g/mol. The molecule has 222 valence electrons. The molecule has 3 aromatic heterocycles. The number of furan rings is 1. The van der Waals surface area contributed by atoms with Crippen LogP contribution in [-0.4, -0.2) is 14.5 Å². The van der Waals surface area contributed by atoms with Crippen LogP contribution in [0.1, 0.15) is 25.0 Å². The fourth-order valence-corrected chi connectivity index (χ4v) is 7.03. The van der Waals surface area contributed by atoms with Gasteiger partial charge >= 0.3 is 0 Å². The van der Waals surface area contributed by atoms with Gasteiger partial charge in [0.05, 0.1) is 27.8 Å². The highest BCUT2D eigenvalue weighted by Gasteiger charge is 2.39. The molecule has 0 bridgehead atoms. The van der Waals surface area contributed by atoms with E-state index in [0.29, 0.717) is 0 Å². The molecule has 1 aliphatic rings. The van der Waals surface area contributed by atoms with E-state index >= 15 is 0 Å². The molecule has 6 heteroatoms. The summed E-state index contributed by atoms with van der Waals surface area (Å²) in [5.41, 5.74) is 8.92. The summed E-state index contributed by atoms with van der Waals surface area (Å²) in [4.78, 5) is 12.1. The lowest BCUT2D eigenvalue weighted by molar-refractivity contribution is 0.483. The van der Waals surface area contributed by atoms with Gasteiger partial charge in [0.15, 0.2) is 0 Å². The van der Waals surface area contributed by atoms with Gasteiger partial charge in [0.25, 0.3) is 0 Å². The van der Waals surface area contributed by atoms with Crippen LogP contribution < -0.4 is 9.64 Å². The Labute approximate surface area is 266 Å². The van der Waals surface area contributed by atoms with Crippen molar-refractivity contribution in [3.63, 3.8) is 0 Å². The van der Waals surface area contributed by atoms with E-state index in [4.69, 9.17) is 19.1 Å². The smallest absolute Gasteiger partial charge is 0.141 e. The molecule has 46 heavy (non-hydrogen) atoms. The number of aromatic nitrogens is 3. The molecule has 8 aromatic rings. The number of pyridine rings is 1. The van der Waals surface area contributed by atoms with E-state index in [0.717, 1.165) is 78.6 Å². The average Bonchev–Trinajstić information content (AvgIpc) is 3.63. The first-order valence-corrected chi connectivity index (χ1v) is 15.5. The first-order valence-electron chi connectivity index (χ1n) is 15.5. The highest BCUT2D eigenvalue weighted by atomic mass is 16.5. The van der Waals surface area contributed by atoms with Crippen molar-refractivity contribution in [1.82, 2.24) is 14.5 Å². The summed E-state index contributed by atoms with van der Waals surface area (Å²) in [6, 6.07) is 41.3. The number of fused-ring (bicyclic) bond motifs is 7. The lowest BCUT2D eigenvalue weighted by Gasteiger charge is -2.41. The highest BCUT2D eigenvalue weighted by molar-refractivity contribution is 6.15. The van der Waals surface area contributed by atoms with E-state index in [1.807, 2.05) is 80.0 Å². The highest BCUT2D eigenvalue weighted by Crippen LogP contribution is 2.55. The fourth-order valence-electron chi connectivity index (χ4n) is 7.03. The average molecular weight is 599 g/mol. The molecule has 0 fully saturated rings. The molecule has 5 aromatic carbocycles. The van der Waals surface area contributed by atoms with Crippen LogP contribution in [0.5, 0.6) is 11.5 Å². The number of hydrogen-bond donors (Lipinski definition) is 0. The summed E-state index contributed by atoms with van der Waals surface area (Å²) < 4.78 is 15.0. The maximum Gasteiger partial charge on any atom is 0.141 e. The first-order chi connectivity index (χ1) is 22.5.